The number of halogens is 2. The van der Waals surface area contributed by atoms with Crippen LogP contribution in [0.2, 0.25) is 5.02 Å². The summed E-state index contributed by atoms with van der Waals surface area (Å²) in [6.07, 6.45) is 1.80. The van der Waals surface area contributed by atoms with Crippen LogP contribution in [-0.4, -0.2) is 38.4 Å². The number of methoxy groups -OCH3 is 1. The minimum Gasteiger partial charge on any atom is -0.468 e. The molecule has 0 radical (unpaired) electrons. The number of carbonyl (C=O) groups is 1. The Labute approximate surface area is 127 Å². The van der Waals surface area contributed by atoms with E-state index in [0.717, 1.165) is 28.9 Å². The summed E-state index contributed by atoms with van der Waals surface area (Å²) in [5.41, 5.74) is 0. The Morgan fingerprint density at radius 2 is 2.14 bits per heavy atom. The van der Waals surface area contributed by atoms with Crippen molar-refractivity contribution >= 4 is 27.6 Å². The second-order valence-electron chi connectivity index (χ2n) is 4.73. The standard InChI is InChI=1S/C13H15ClFNO4S/c1-20-13(17)12-4-2-3-7-16(12)21(18,19)9-5-6-11(15)10(14)8-9/h5-6,8,12H,2-4,7H2,1H3/t12-/m1/s1. The van der Waals surface area contributed by atoms with Crippen LogP contribution in [0.5, 0.6) is 0 Å². The number of ether oxygens (including phenoxy) is 1. The van der Waals surface area contributed by atoms with Crippen molar-refractivity contribution in [3.8, 4) is 0 Å². The summed E-state index contributed by atoms with van der Waals surface area (Å²) in [6.45, 7) is 0.219. The van der Waals surface area contributed by atoms with Crippen LogP contribution in [0.25, 0.3) is 0 Å². The van der Waals surface area contributed by atoms with Crippen LogP contribution in [0, 0.1) is 5.82 Å². The first-order chi connectivity index (χ1) is 9.87. The van der Waals surface area contributed by atoms with Crippen LogP contribution in [-0.2, 0) is 19.6 Å². The summed E-state index contributed by atoms with van der Waals surface area (Å²) in [6, 6.07) is 2.33. The molecule has 0 saturated carbocycles. The molecule has 2 rings (SSSR count). The predicted octanol–water partition coefficient (Wildman–Crippen LogP) is 2.20. The third kappa shape index (κ3) is 3.20. The van der Waals surface area contributed by atoms with Gasteiger partial charge in [-0.3, -0.25) is 4.79 Å². The van der Waals surface area contributed by atoms with Crippen LogP contribution in [0.3, 0.4) is 0 Å². The lowest BCUT2D eigenvalue weighted by atomic mass is 10.1. The van der Waals surface area contributed by atoms with E-state index in [1.54, 1.807) is 0 Å². The molecule has 116 valence electrons. The van der Waals surface area contributed by atoms with Crippen molar-refractivity contribution < 1.29 is 22.3 Å². The SMILES string of the molecule is COC(=O)[C@H]1CCCCN1S(=O)(=O)c1ccc(F)c(Cl)c1. The van der Waals surface area contributed by atoms with Gasteiger partial charge < -0.3 is 4.74 Å². The fourth-order valence-electron chi connectivity index (χ4n) is 2.34. The van der Waals surface area contributed by atoms with Gasteiger partial charge in [0.15, 0.2) is 0 Å². The maximum Gasteiger partial charge on any atom is 0.324 e. The molecule has 5 nitrogen and oxygen atoms in total. The molecule has 0 aliphatic carbocycles. The molecule has 8 heteroatoms. The molecule has 0 spiro atoms. The lowest BCUT2D eigenvalue weighted by Gasteiger charge is -2.32. The Morgan fingerprint density at radius 1 is 1.43 bits per heavy atom. The van der Waals surface area contributed by atoms with Gasteiger partial charge in [0.2, 0.25) is 10.0 Å². The average Bonchev–Trinajstić information content (AvgIpc) is 2.49. The van der Waals surface area contributed by atoms with Gasteiger partial charge in [-0.2, -0.15) is 4.31 Å². The van der Waals surface area contributed by atoms with Crippen molar-refractivity contribution in [1.29, 1.82) is 0 Å². The number of benzene rings is 1. The fraction of sp³-hybridized carbons (Fsp3) is 0.462. The zero-order valence-electron chi connectivity index (χ0n) is 11.4. The molecule has 0 aromatic heterocycles. The van der Waals surface area contributed by atoms with Gasteiger partial charge in [-0.15, -0.1) is 0 Å². The van der Waals surface area contributed by atoms with Gasteiger partial charge >= 0.3 is 5.97 Å². The molecule has 0 amide bonds. The molecule has 1 heterocycles. The van der Waals surface area contributed by atoms with Crippen molar-refractivity contribution in [3.05, 3.63) is 29.0 Å². The number of rotatable bonds is 3. The van der Waals surface area contributed by atoms with Gasteiger partial charge in [-0.05, 0) is 37.5 Å². The van der Waals surface area contributed by atoms with E-state index in [0.29, 0.717) is 12.8 Å². The number of hydrogen-bond donors (Lipinski definition) is 0. The quantitative estimate of drug-likeness (QED) is 0.794. The van der Waals surface area contributed by atoms with Crippen LogP contribution >= 0.6 is 11.6 Å². The molecule has 1 aliphatic heterocycles. The highest BCUT2D eigenvalue weighted by Crippen LogP contribution is 2.28. The Hall–Kier alpha value is -1.18. The van der Waals surface area contributed by atoms with E-state index < -0.39 is 27.9 Å². The van der Waals surface area contributed by atoms with Gasteiger partial charge in [-0.1, -0.05) is 11.6 Å². The molecule has 1 aromatic carbocycles. The molecular formula is C13H15ClFNO4S. The number of hydrogen-bond acceptors (Lipinski definition) is 4. The first-order valence-corrected chi connectivity index (χ1v) is 8.24. The number of esters is 1. The topological polar surface area (TPSA) is 63.7 Å². The minimum atomic E-state index is -3.92. The predicted molar refractivity (Wildman–Crippen MR) is 75.0 cm³/mol. The third-order valence-electron chi connectivity index (χ3n) is 3.42. The lowest BCUT2D eigenvalue weighted by Crippen LogP contribution is -2.48. The first kappa shape index (κ1) is 16.2. The van der Waals surface area contributed by atoms with E-state index in [1.807, 2.05) is 0 Å². The van der Waals surface area contributed by atoms with E-state index in [1.165, 1.54) is 7.11 Å². The Morgan fingerprint density at radius 3 is 2.76 bits per heavy atom. The summed E-state index contributed by atoms with van der Waals surface area (Å²) >= 11 is 5.64. The summed E-state index contributed by atoms with van der Waals surface area (Å²) in [4.78, 5) is 11.6. The second-order valence-corrected chi connectivity index (χ2v) is 7.02. The highest BCUT2D eigenvalue weighted by molar-refractivity contribution is 7.89. The summed E-state index contributed by atoms with van der Waals surface area (Å²) in [7, 11) is -2.71. The van der Waals surface area contributed by atoms with Crippen molar-refractivity contribution in [2.24, 2.45) is 0 Å². The van der Waals surface area contributed by atoms with E-state index in [2.05, 4.69) is 4.74 Å². The molecule has 21 heavy (non-hydrogen) atoms. The molecular weight excluding hydrogens is 321 g/mol. The Kier molecular flexibility index (Phi) is 4.85. The number of nitrogens with zero attached hydrogens (tertiary/aromatic N) is 1. The van der Waals surface area contributed by atoms with Crippen molar-refractivity contribution in [2.45, 2.75) is 30.2 Å². The zero-order chi connectivity index (χ0) is 15.6. The molecule has 0 unspecified atom stereocenters. The van der Waals surface area contributed by atoms with Crippen molar-refractivity contribution in [3.63, 3.8) is 0 Å². The third-order valence-corrected chi connectivity index (χ3v) is 5.62. The van der Waals surface area contributed by atoms with E-state index in [-0.39, 0.29) is 16.5 Å². The zero-order valence-corrected chi connectivity index (χ0v) is 13.0. The van der Waals surface area contributed by atoms with Crippen molar-refractivity contribution in [2.75, 3.05) is 13.7 Å². The number of sulfonamides is 1. The van der Waals surface area contributed by atoms with Crippen LogP contribution in [0.1, 0.15) is 19.3 Å². The van der Waals surface area contributed by atoms with Gasteiger partial charge in [-0.25, -0.2) is 12.8 Å². The van der Waals surface area contributed by atoms with E-state index >= 15 is 0 Å². The number of carbonyl (C=O) groups excluding carboxylic acids is 1. The average molecular weight is 336 g/mol. The van der Waals surface area contributed by atoms with Gasteiger partial charge in [0, 0.05) is 6.54 Å². The summed E-state index contributed by atoms with van der Waals surface area (Å²) in [5.74, 6) is -1.29. The van der Waals surface area contributed by atoms with E-state index in [9.17, 15) is 17.6 Å². The van der Waals surface area contributed by atoms with Gasteiger partial charge in [0.25, 0.3) is 0 Å². The highest BCUT2D eigenvalue weighted by Gasteiger charge is 2.38. The molecule has 1 saturated heterocycles. The first-order valence-electron chi connectivity index (χ1n) is 6.42. The normalized spacial score (nSPS) is 20.2. The smallest absolute Gasteiger partial charge is 0.324 e. The lowest BCUT2D eigenvalue weighted by molar-refractivity contribution is -0.146. The minimum absolute atomic E-state index is 0.135. The Balaban J connectivity index is 2.40. The van der Waals surface area contributed by atoms with Crippen LogP contribution in [0.15, 0.2) is 23.1 Å². The second kappa shape index (κ2) is 6.29. The molecule has 1 fully saturated rings. The van der Waals surface area contributed by atoms with Gasteiger partial charge in [0.05, 0.1) is 17.0 Å². The Bertz CT molecular complexity index is 650. The summed E-state index contributed by atoms with van der Waals surface area (Å²) < 4.78 is 44.2. The molecule has 0 N–H and O–H groups in total. The molecule has 1 aliphatic rings. The summed E-state index contributed by atoms with van der Waals surface area (Å²) in [5, 5.41) is -0.275. The molecule has 1 aromatic rings. The largest absolute Gasteiger partial charge is 0.468 e. The van der Waals surface area contributed by atoms with Crippen LogP contribution in [0.4, 0.5) is 4.39 Å². The van der Waals surface area contributed by atoms with E-state index in [4.69, 9.17) is 11.6 Å². The molecule has 0 bridgehead atoms. The fourth-order valence-corrected chi connectivity index (χ4v) is 4.26. The molecule has 1 atom stereocenters. The van der Waals surface area contributed by atoms with Crippen molar-refractivity contribution in [1.82, 2.24) is 4.31 Å². The van der Waals surface area contributed by atoms with Gasteiger partial charge in [0.1, 0.15) is 11.9 Å². The van der Waals surface area contributed by atoms with Crippen LogP contribution < -0.4 is 0 Å². The monoisotopic (exact) mass is 335 g/mol. The maximum absolute atomic E-state index is 13.2. The maximum atomic E-state index is 13.2. The number of piperidine rings is 1. The highest BCUT2D eigenvalue weighted by atomic mass is 35.5.